The van der Waals surface area contributed by atoms with Gasteiger partial charge in [0.1, 0.15) is 12.1 Å². The van der Waals surface area contributed by atoms with Crippen LogP contribution in [-0.2, 0) is 9.59 Å². The molecule has 2 aliphatic rings. The molecule has 2 amide bonds. The molecule has 1 heterocycles. The van der Waals surface area contributed by atoms with Crippen molar-refractivity contribution in [3.8, 4) is 0 Å². The lowest BCUT2D eigenvalue weighted by atomic mass is 9.91. The summed E-state index contributed by atoms with van der Waals surface area (Å²) in [5, 5.41) is 2.97. The summed E-state index contributed by atoms with van der Waals surface area (Å²) in [5.74, 6) is 1.42. The third-order valence-corrected chi connectivity index (χ3v) is 4.59. The Hall–Kier alpha value is -1.06. The summed E-state index contributed by atoms with van der Waals surface area (Å²) in [4.78, 5) is 27.0. The maximum Gasteiger partial charge on any atom is 0.246 e. The molecule has 1 saturated heterocycles. The first-order chi connectivity index (χ1) is 9.43. The first kappa shape index (κ1) is 15.3. The van der Waals surface area contributed by atoms with Crippen LogP contribution >= 0.6 is 0 Å². The van der Waals surface area contributed by atoms with Crippen LogP contribution in [0.1, 0.15) is 53.4 Å². The van der Waals surface area contributed by atoms with Crippen LogP contribution < -0.4 is 5.32 Å². The fraction of sp³-hybridized carbons (Fsp3) is 0.875. The van der Waals surface area contributed by atoms with Crippen molar-refractivity contribution < 1.29 is 9.59 Å². The summed E-state index contributed by atoms with van der Waals surface area (Å²) in [6.07, 6.45) is 4.07. The zero-order chi connectivity index (χ0) is 14.9. The van der Waals surface area contributed by atoms with Crippen molar-refractivity contribution in [1.29, 1.82) is 0 Å². The highest BCUT2D eigenvalue weighted by Crippen LogP contribution is 2.32. The third-order valence-electron chi connectivity index (χ3n) is 4.59. The molecule has 0 aromatic rings. The second-order valence-corrected chi connectivity index (χ2v) is 6.95. The van der Waals surface area contributed by atoms with Crippen molar-refractivity contribution in [2.45, 2.75) is 65.5 Å². The predicted molar refractivity (Wildman–Crippen MR) is 79.1 cm³/mol. The molecule has 2 rings (SSSR count). The maximum absolute atomic E-state index is 12.7. The molecule has 3 unspecified atom stereocenters. The number of rotatable bonds is 6. The number of hydrogen-bond acceptors (Lipinski definition) is 2. The van der Waals surface area contributed by atoms with Crippen LogP contribution in [0.25, 0.3) is 0 Å². The average molecular weight is 280 g/mol. The molecule has 1 aliphatic carbocycles. The summed E-state index contributed by atoms with van der Waals surface area (Å²) in [6.45, 7) is 9.09. The van der Waals surface area contributed by atoms with E-state index in [9.17, 15) is 9.59 Å². The molecule has 0 aromatic heterocycles. The SMILES string of the molecule is CCC(C)C1NC(=O)C(CC(C)C)N(CC2CC2)C1=O. The minimum atomic E-state index is -0.324. The van der Waals surface area contributed by atoms with Crippen molar-refractivity contribution in [3.05, 3.63) is 0 Å². The fourth-order valence-electron chi connectivity index (χ4n) is 2.88. The van der Waals surface area contributed by atoms with Gasteiger partial charge in [-0.15, -0.1) is 0 Å². The minimum Gasteiger partial charge on any atom is -0.342 e. The van der Waals surface area contributed by atoms with E-state index in [4.69, 9.17) is 0 Å². The average Bonchev–Trinajstić information content (AvgIpc) is 3.20. The van der Waals surface area contributed by atoms with Crippen molar-refractivity contribution in [3.63, 3.8) is 0 Å². The summed E-state index contributed by atoms with van der Waals surface area (Å²) in [5.41, 5.74) is 0. The quantitative estimate of drug-likeness (QED) is 0.811. The van der Waals surface area contributed by atoms with Gasteiger partial charge in [0.2, 0.25) is 11.8 Å². The Bertz CT molecular complexity index is 377. The summed E-state index contributed by atoms with van der Waals surface area (Å²) < 4.78 is 0. The van der Waals surface area contributed by atoms with Gasteiger partial charge in [0.05, 0.1) is 0 Å². The number of amides is 2. The van der Waals surface area contributed by atoms with Gasteiger partial charge in [-0.3, -0.25) is 9.59 Å². The van der Waals surface area contributed by atoms with E-state index in [0.717, 1.165) is 19.4 Å². The first-order valence-electron chi connectivity index (χ1n) is 8.04. The second kappa shape index (κ2) is 6.15. The molecular formula is C16H28N2O2. The summed E-state index contributed by atoms with van der Waals surface area (Å²) in [7, 11) is 0. The third kappa shape index (κ3) is 3.33. The fourth-order valence-corrected chi connectivity index (χ4v) is 2.88. The Kier molecular flexibility index (Phi) is 4.71. The topological polar surface area (TPSA) is 49.4 Å². The zero-order valence-electron chi connectivity index (χ0n) is 13.2. The molecule has 4 nitrogen and oxygen atoms in total. The van der Waals surface area contributed by atoms with Gasteiger partial charge in [0, 0.05) is 6.54 Å². The molecule has 20 heavy (non-hydrogen) atoms. The van der Waals surface area contributed by atoms with Crippen LogP contribution in [0, 0.1) is 17.8 Å². The van der Waals surface area contributed by atoms with Crippen molar-refractivity contribution in [1.82, 2.24) is 10.2 Å². The molecule has 3 atom stereocenters. The number of nitrogens with one attached hydrogen (secondary N) is 1. The number of carbonyl (C=O) groups excluding carboxylic acids is 2. The highest BCUT2D eigenvalue weighted by molar-refractivity contribution is 5.97. The standard InChI is InChI=1S/C16H28N2O2/c1-5-11(4)14-16(20)18(9-12-6-7-12)13(8-10(2)3)15(19)17-14/h10-14H,5-9H2,1-4H3,(H,17,19). The highest BCUT2D eigenvalue weighted by Gasteiger charge is 2.43. The van der Waals surface area contributed by atoms with Crippen LogP contribution in [0.2, 0.25) is 0 Å². The van der Waals surface area contributed by atoms with E-state index < -0.39 is 0 Å². The normalized spacial score (nSPS) is 28.8. The monoisotopic (exact) mass is 280 g/mol. The van der Waals surface area contributed by atoms with Gasteiger partial charge < -0.3 is 10.2 Å². The van der Waals surface area contributed by atoms with Gasteiger partial charge in [-0.1, -0.05) is 34.1 Å². The molecule has 1 saturated carbocycles. The van der Waals surface area contributed by atoms with Gasteiger partial charge in [-0.2, -0.15) is 0 Å². The van der Waals surface area contributed by atoms with E-state index in [2.05, 4.69) is 26.1 Å². The Morgan fingerprint density at radius 3 is 2.40 bits per heavy atom. The molecule has 0 radical (unpaired) electrons. The number of piperazine rings is 1. The number of hydrogen-bond donors (Lipinski definition) is 1. The Balaban J connectivity index is 2.16. The van der Waals surface area contributed by atoms with Crippen molar-refractivity contribution >= 4 is 11.8 Å². The Labute approximate surface area is 122 Å². The van der Waals surface area contributed by atoms with Gasteiger partial charge in [-0.05, 0) is 37.0 Å². The maximum atomic E-state index is 12.7. The Morgan fingerprint density at radius 2 is 1.90 bits per heavy atom. The van der Waals surface area contributed by atoms with Gasteiger partial charge in [0.25, 0.3) is 0 Å². The molecule has 4 heteroatoms. The van der Waals surface area contributed by atoms with E-state index in [-0.39, 0.29) is 29.8 Å². The smallest absolute Gasteiger partial charge is 0.246 e. The molecule has 1 aliphatic heterocycles. The van der Waals surface area contributed by atoms with E-state index >= 15 is 0 Å². The van der Waals surface area contributed by atoms with Crippen LogP contribution in [-0.4, -0.2) is 35.3 Å². The second-order valence-electron chi connectivity index (χ2n) is 6.95. The Morgan fingerprint density at radius 1 is 1.25 bits per heavy atom. The molecule has 114 valence electrons. The van der Waals surface area contributed by atoms with Crippen LogP contribution in [0.15, 0.2) is 0 Å². The van der Waals surface area contributed by atoms with E-state index in [1.54, 1.807) is 0 Å². The van der Waals surface area contributed by atoms with Crippen molar-refractivity contribution in [2.75, 3.05) is 6.54 Å². The molecule has 2 fully saturated rings. The molecule has 1 N–H and O–H groups in total. The predicted octanol–water partition coefficient (Wildman–Crippen LogP) is 2.18. The molecule has 0 bridgehead atoms. The summed E-state index contributed by atoms with van der Waals surface area (Å²) in [6, 6.07) is -0.585. The van der Waals surface area contributed by atoms with Crippen LogP contribution in [0.4, 0.5) is 0 Å². The van der Waals surface area contributed by atoms with Crippen LogP contribution in [0.5, 0.6) is 0 Å². The molecule has 0 aromatic carbocycles. The van der Waals surface area contributed by atoms with E-state index in [1.807, 2.05) is 11.8 Å². The molecule has 0 spiro atoms. The van der Waals surface area contributed by atoms with Gasteiger partial charge in [-0.25, -0.2) is 0 Å². The minimum absolute atomic E-state index is 0.0456. The lowest BCUT2D eigenvalue weighted by Gasteiger charge is -2.41. The van der Waals surface area contributed by atoms with Crippen molar-refractivity contribution in [2.24, 2.45) is 17.8 Å². The zero-order valence-corrected chi connectivity index (χ0v) is 13.2. The van der Waals surface area contributed by atoms with E-state index in [0.29, 0.717) is 11.8 Å². The summed E-state index contributed by atoms with van der Waals surface area (Å²) >= 11 is 0. The largest absolute Gasteiger partial charge is 0.342 e. The lowest BCUT2D eigenvalue weighted by molar-refractivity contribution is -0.151. The number of nitrogens with zero attached hydrogens (tertiary/aromatic N) is 1. The highest BCUT2D eigenvalue weighted by atomic mass is 16.2. The van der Waals surface area contributed by atoms with Crippen LogP contribution in [0.3, 0.4) is 0 Å². The molecular weight excluding hydrogens is 252 g/mol. The number of carbonyl (C=O) groups is 2. The van der Waals surface area contributed by atoms with Gasteiger partial charge >= 0.3 is 0 Å². The first-order valence-corrected chi connectivity index (χ1v) is 8.04. The van der Waals surface area contributed by atoms with E-state index in [1.165, 1.54) is 12.8 Å². The lowest BCUT2D eigenvalue weighted by Crippen LogP contribution is -2.65. The van der Waals surface area contributed by atoms with Gasteiger partial charge in [0.15, 0.2) is 0 Å².